The highest BCUT2D eigenvalue weighted by Crippen LogP contribution is 2.32. The van der Waals surface area contributed by atoms with Crippen LogP contribution in [0.1, 0.15) is 75.0 Å². The van der Waals surface area contributed by atoms with Crippen molar-refractivity contribution >= 4 is 17.3 Å². The summed E-state index contributed by atoms with van der Waals surface area (Å²) in [4.78, 5) is 14.9. The molecule has 1 atom stereocenters. The molecule has 1 saturated heterocycles. The Kier molecular flexibility index (Phi) is 5.30. The third-order valence-electron chi connectivity index (χ3n) is 6.45. The van der Waals surface area contributed by atoms with Crippen LogP contribution in [0.5, 0.6) is 0 Å². The molecule has 2 aromatic rings. The molecule has 0 bridgehead atoms. The molecule has 29 heavy (non-hydrogen) atoms. The Hall–Kier alpha value is -1.93. The summed E-state index contributed by atoms with van der Waals surface area (Å²) in [6.07, 6.45) is 11.3. The number of hydrogen-bond acceptors (Lipinski definition) is 6. The second-order valence-electron chi connectivity index (χ2n) is 8.31. The standard InChI is InChI=1S/C20H27ClN6O2/c21-19-17(12-22-27(20(19)28)18-8-4-5-11-29-18)25-10-9-16-15(13-25)23-24-26(16)14-6-2-1-3-7-14/h12,14,18H,1-11,13H2. The van der Waals surface area contributed by atoms with E-state index in [1.165, 1.54) is 42.5 Å². The van der Waals surface area contributed by atoms with Crippen molar-refractivity contribution in [1.29, 1.82) is 0 Å². The zero-order valence-corrected chi connectivity index (χ0v) is 17.4. The number of ether oxygens (including phenoxy) is 1. The first-order chi connectivity index (χ1) is 14.2. The number of fused-ring (bicyclic) bond motifs is 1. The van der Waals surface area contributed by atoms with Crippen LogP contribution in [0.2, 0.25) is 5.02 Å². The summed E-state index contributed by atoms with van der Waals surface area (Å²) in [6, 6.07) is 0.483. The van der Waals surface area contributed by atoms with Gasteiger partial charge in [-0.05, 0) is 32.1 Å². The van der Waals surface area contributed by atoms with Crippen molar-refractivity contribution in [3.05, 3.63) is 33.0 Å². The van der Waals surface area contributed by atoms with Crippen LogP contribution in [0.3, 0.4) is 0 Å². The maximum atomic E-state index is 12.8. The fourth-order valence-corrected chi connectivity index (χ4v) is 5.09. The zero-order valence-electron chi connectivity index (χ0n) is 16.6. The molecule has 0 spiro atoms. The molecule has 0 N–H and O–H groups in total. The van der Waals surface area contributed by atoms with Gasteiger partial charge in [-0.2, -0.15) is 9.78 Å². The van der Waals surface area contributed by atoms with Gasteiger partial charge in [0.25, 0.3) is 5.56 Å². The van der Waals surface area contributed by atoms with Crippen molar-refractivity contribution in [3.63, 3.8) is 0 Å². The smallest absolute Gasteiger partial charge is 0.290 e. The molecule has 0 amide bonds. The SMILES string of the molecule is O=c1c(Cl)c(N2CCc3c(nnn3C3CCCCC3)C2)cnn1C1CCCCO1. The normalized spacial score (nSPS) is 23.2. The average Bonchev–Trinajstić information content (AvgIpc) is 3.20. The predicted molar refractivity (Wildman–Crippen MR) is 109 cm³/mol. The van der Waals surface area contributed by atoms with Gasteiger partial charge in [0.2, 0.25) is 0 Å². The molecule has 156 valence electrons. The first kappa shape index (κ1) is 19.1. The number of halogens is 1. The number of anilines is 1. The first-order valence-corrected chi connectivity index (χ1v) is 11.2. The Balaban J connectivity index is 1.37. The van der Waals surface area contributed by atoms with Gasteiger partial charge in [-0.3, -0.25) is 4.79 Å². The Morgan fingerprint density at radius 1 is 1.07 bits per heavy atom. The van der Waals surface area contributed by atoms with Crippen LogP contribution < -0.4 is 10.5 Å². The van der Waals surface area contributed by atoms with Crippen molar-refractivity contribution in [1.82, 2.24) is 24.8 Å². The molecular formula is C20H27ClN6O2. The van der Waals surface area contributed by atoms with Crippen LogP contribution in [0.25, 0.3) is 0 Å². The van der Waals surface area contributed by atoms with Crippen LogP contribution in [0.15, 0.2) is 11.0 Å². The van der Waals surface area contributed by atoms with Gasteiger partial charge in [-0.15, -0.1) is 5.10 Å². The van der Waals surface area contributed by atoms with Crippen LogP contribution in [0.4, 0.5) is 5.69 Å². The number of nitrogens with zero attached hydrogens (tertiary/aromatic N) is 6. The molecule has 3 aliphatic rings. The molecule has 9 heteroatoms. The molecular weight excluding hydrogens is 392 g/mol. The molecule has 0 aromatic carbocycles. The molecule has 2 aliphatic heterocycles. The van der Waals surface area contributed by atoms with Gasteiger partial charge < -0.3 is 9.64 Å². The molecule has 2 fully saturated rings. The highest BCUT2D eigenvalue weighted by molar-refractivity contribution is 6.33. The van der Waals surface area contributed by atoms with E-state index in [9.17, 15) is 4.79 Å². The van der Waals surface area contributed by atoms with Crippen molar-refractivity contribution in [2.24, 2.45) is 0 Å². The van der Waals surface area contributed by atoms with Crippen molar-refractivity contribution in [2.45, 2.75) is 76.6 Å². The molecule has 8 nitrogen and oxygen atoms in total. The lowest BCUT2D eigenvalue weighted by atomic mass is 9.95. The Labute approximate surface area is 174 Å². The first-order valence-electron chi connectivity index (χ1n) is 10.8. The van der Waals surface area contributed by atoms with E-state index in [1.54, 1.807) is 6.20 Å². The van der Waals surface area contributed by atoms with Crippen LogP contribution in [-0.4, -0.2) is 37.9 Å². The lowest BCUT2D eigenvalue weighted by molar-refractivity contribution is -0.0424. The van der Waals surface area contributed by atoms with Crippen molar-refractivity contribution in [2.75, 3.05) is 18.1 Å². The molecule has 1 aliphatic carbocycles. The van der Waals surface area contributed by atoms with Gasteiger partial charge in [-0.25, -0.2) is 4.68 Å². The predicted octanol–water partition coefficient (Wildman–Crippen LogP) is 3.26. The van der Waals surface area contributed by atoms with E-state index in [0.717, 1.165) is 37.9 Å². The lowest BCUT2D eigenvalue weighted by Crippen LogP contribution is -2.36. The van der Waals surface area contributed by atoms with Gasteiger partial charge in [0.1, 0.15) is 10.7 Å². The molecule has 4 heterocycles. The summed E-state index contributed by atoms with van der Waals surface area (Å²) >= 11 is 6.49. The summed E-state index contributed by atoms with van der Waals surface area (Å²) in [5.41, 5.74) is 2.60. The van der Waals surface area contributed by atoms with Crippen LogP contribution in [0, 0.1) is 0 Å². The largest absolute Gasteiger partial charge is 0.362 e. The lowest BCUT2D eigenvalue weighted by Gasteiger charge is -2.31. The fourth-order valence-electron chi connectivity index (χ4n) is 4.83. The second kappa shape index (κ2) is 8.07. The van der Waals surface area contributed by atoms with E-state index < -0.39 is 0 Å². The van der Waals surface area contributed by atoms with E-state index in [2.05, 4.69) is 25.0 Å². The Morgan fingerprint density at radius 2 is 1.90 bits per heavy atom. The van der Waals surface area contributed by atoms with E-state index >= 15 is 0 Å². The van der Waals surface area contributed by atoms with Crippen LogP contribution >= 0.6 is 11.6 Å². The fraction of sp³-hybridized carbons (Fsp3) is 0.700. The maximum Gasteiger partial charge on any atom is 0.290 e. The minimum atomic E-state index is -0.314. The van der Waals surface area contributed by atoms with E-state index in [1.807, 2.05) is 0 Å². The van der Waals surface area contributed by atoms with Gasteiger partial charge in [-0.1, -0.05) is 36.1 Å². The minimum Gasteiger partial charge on any atom is -0.362 e. The number of aromatic nitrogens is 5. The quantitative estimate of drug-likeness (QED) is 0.761. The molecule has 5 rings (SSSR count). The van der Waals surface area contributed by atoms with E-state index in [-0.39, 0.29) is 16.8 Å². The van der Waals surface area contributed by atoms with Gasteiger partial charge in [0.15, 0.2) is 6.23 Å². The highest BCUT2D eigenvalue weighted by Gasteiger charge is 2.29. The van der Waals surface area contributed by atoms with Gasteiger partial charge in [0, 0.05) is 19.6 Å². The van der Waals surface area contributed by atoms with Crippen LogP contribution in [-0.2, 0) is 17.7 Å². The number of hydrogen-bond donors (Lipinski definition) is 0. The summed E-state index contributed by atoms with van der Waals surface area (Å²) in [7, 11) is 0. The molecule has 0 radical (unpaired) electrons. The van der Waals surface area contributed by atoms with Crippen molar-refractivity contribution < 1.29 is 4.74 Å². The zero-order chi connectivity index (χ0) is 19.8. The van der Waals surface area contributed by atoms with Gasteiger partial charge >= 0.3 is 0 Å². The summed E-state index contributed by atoms with van der Waals surface area (Å²) in [5.74, 6) is 0. The van der Waals surface area contributed by atoms with E-state index in [0.29, 0.717) is 24.9 Å². The summed E-state index contributed by atoms with van der Waals surface area (Å²) in [6.45, 7) is 2.04. The van der Waals surface area contributed by atoms with Gasteiger partial charge in [0.05, 0.1) is 30.2 Å². The monoisotopic (exact) mass is 418 g/mol. The third kappa shape index (κ3) is 3.57. The third-order valence-corrected chi connectivity index (χ3v) is 6.80. The molecule has 1 saturated carbocycles. The summed E-state index contributed by atoms with van der Waals surface area (Å²) < 4.78 is 9.24. The molecule has 1 unspecified atom stereocenters. The number of rotatable bonds is 3. The van der Waals surface area contributed by atoms with E-state index in [4.69, 9.17) is 16.3 Å². The Morgan fingerprint density at radius 3 is 2.69 bits per heavy atom. The maximum absolute atomic E-state index is 12.8. The second-order valence-corrected chi connectivity index (χ2v) is 8.68. The highest BCUT2D eigenvalue weighted by atomic mass is 35.5. The summed E-state index contributed by atoms with van der Waals surface area (Å²) in [5, 5.41) is 13.5. The minimum absolute atomic E-state index is 0.206. The van der Waals surface area contributed by atoms with Crippen molar-refractivity contribution in [3.8, 4) is 0 Å². The topological polar surface area (TPSA) is 78.1 Å². The average molecular weight is 419 g/mol. The Bertz CT molecular complexity index is 930. The molecule has 2 aromatic heterocycles.